The second-order valence-electron chi connectivity index (χ2n) is 9.24. The molecule has 202 valence electrons. The number of hydrogen-bond acceptors (Lipinski definition) is 4. The van der Waals surface area contributed by atoms with Crippen molar-refractivity contribution in [2.45, 2.75) is 38.3 Å². The Hall–Kier alpha value is -2.88. The highest BCUT2D eigenvalue weighted by atomic mass is 79.9. The summed E-state index contributed by atoms with van der Waals surface area (Å²) in [6.07, 6.45) is 0. The minimum atomic E-state index is -4.16. The van der Waals surface area contributed by atoms with E-state index in [1.165, 1.54) is 17.0 Å². The number of nitrogens with one attached hydrogen (secondary N) is 1. The van der Waals surface area contributed by atoms with Crippen LogP contribution in [0.1, 0.15) is 26.3 Å². The molecule has 0 radical (unpaired) electrons. The van der Waals surface area contributed by atoms with Crippen LogP contribution in [0.2, 0.25) is 5.02 Å². The first-order chi connectivity index (χ1) is 18.0. The van der Waals surface area contributed by atoms with Gasteiger partial charge < -0.3 is 10.2 Å². The largest absolute Gasteiger partial charge is 0.354 e. The van der Waals surface area contributed by atoms with Crippen LogP contribution in [-0.4, -0.2) is 44.3 Å². The molecule has 0 unspecified atom stereocenters. The van der Waals surface area contributed by atoms with Crippen LogP contribution in [0.3, 0.4) is 0 Å². The molecule has 0 saturated carbocycles. The summed E-state index contributed by atoms with van der Waals surface area (Å²) in [4.78, 5) is 28.3. The lowest BCUT2D eigenvalue weighted by molar-refractivity contribution is -0.139. The maximum atomic E-state index is 13.9. The molecule has 38 heavy (non-hydrogen) atoms. The number of halogens is 2. The van der Waals surface area contributed by atoms with E-state index in [1.54, 1.807) is 49.4 Å². The van der Waals surface area contributed by atoms with Gasteiger partial charge in [-0.25, -0.2) is 8.42 Å². The highest BCUT2D eigenvalue weighted by Crippen LogP contribution is 2.30. The monoisotopic (exact) mass is 619 g/mol. The van der Waals surface area contributed by atoms with Crippen molar-refractivity contribution in [1.82, 2.24) is 10.2 Å². The van der Waals surface area contributed by atoms with Gasteiger partial charge in [-0.3, -0.25) is 13.9 Å². The van der Waals surface area contributed by atoms with E-state index < -0.39 is 28.5 Å². The van der Waals surface area contributed by atoms with Crippen LogP contribution in [0.4, 0.5) is 5.69 Å². The minimum absolute atomic E-state index is 0.0231. The summed E-state index contributed by atoms with van der Waals surface area (Å²) >= 11 is 9.81. The van der Waals surface area contributed by atoms with Gasteiger partial charge in [-0.1, -0.05) is 83.8 Å². The Bertz CT molecular complexity index is 1350. The Morgan fingerprint density at radius 1 is 0.921 bits per heavy atom. The zero-order valence-corrected chi connectivity index (χ0v) is 24.6. The van der Waals surface area contributed by atoms with Gasteiger partial charge in [-0.05, 0) is 54.8 Å². The van der Waals surface area contributed by atoms with Crippen molar-refractivity contribution >= 4 is 55.1 Å². The maximum absolute atomic E-state index is 13.9. The first kappa shape index (κ1) is 29.7. The molecule has 0 bridgehead atoms. The number of sulfonamides is 1. The highest BCUT2D eigenvalue weighted by molar-refractivity contribution is 9.10. The van der Waals surface area contributed by atoms with Crippen molar-refractivity contribution in [2.24, 2.45) is 5.92 Å². The van der Waals surface area contributed by atoms with E-state index >= 15 is 0 Å². The van der Waals surface area contributed by atoms with Crippen molar-refractivity contribution in [3.05, 3.63) is 93.9 Å². The predicted octanol–water partition coefficient (Wildman–Crippen LogP) is 5.49. The molecular formula is C28H31BrClN3O4S. The molecule has 0 heterocycles. The van der Waals surface area contributed by atoms with Crippen LogP contribution in [0.5, 0.6) is 0 Å². The number of benzene rings is 3. The molecule has 2 amide bonds. The molecule has 0 aliphatic heterocycles. The number of nitrogens with zero attached hydrogens (tertiary/aromatic N) is 2. The van der Waals surface area contributed by atoms with Crippen molar-refractivity contribution in [1.29, 1.82) is 0 Å². The predicted molar refractivity (Wildman–Crippen MR) is 154 cm³/mol. The Labute approximate surface area is 238 Å². The third-order valence-electron chi connectivity index (χ3n) is 5.85. The molecule has 1 atom stereocenters. The van der Waals surface area contributed by atoms with Crippen LogP contribution < -0.4 is 9.62 Å². The molecular weight excluding hydrogens is 590 g/mol. The third kappa shape index (κ3) is 7.58. The summed E-state index contributed by atoms with van der Waals surface area (Å²) in [5, 5.41) is 3.05. The summed E-state index contributed by atoms with van der Waals surface area (Å²) in [5.41, 5.74) is 0.965. The molecule has 0 aliphatic rings. The Balaban J connectivity index is 2.00. The number of rotatable bonds is 11. The lowest BCUT2D eigenvalue weighted by Crippen LogP contribution is -2.51. The van der Waals surface area contributed by atoms with Gasteiger partial charge in [0.05, 0.1) is 15.6 Å². The Kier molecular flexibility index (Phi) is 10.4. The van der Waals surface area contributed by atoms with Gasteiger partial charge in [0.15, 0.2) is 0 Å². The van der Waals surface area contributed by atoms with Crippen molar-refractivity contribution in [2.75, 3.05) is 17.4 Å². The molecule has 0 aromatic heterocycles. The number of para-hydroxylation sites is 1. The molecule has 7 nitrogen and oxygen atoms in total. The van der Waals surface area contributed by atoms with E-state index in [9.17, 15) is 18.0 Å². The summed E-state index contributed by atoms with van der Waals surface area (Å²) in [6.45, 7) is 5.62. The summed E-state index contributed by atoms with van der Waals surface area (Å²) in [5.74, 6) is -0.632. The molecule has 0 saturated heterocycles. The van der Waals surface area contributed by atoms with Gasteiger partial charge in [-0.2, -0.15) is 0 Å². The smallest absolute Gasteiger partial charge is 0.264 e. The molecule has 0 aliphatic carbocycles. The first-order valence-electron chi connectivity index (χ1n) is 12.1. The van der Waals surface area contributed by atoms with Crippen molar-refractivity contribution in [3.8, 4) is 0 Å². The summed E-state index contributed by atoms with van der Waals surface area (Å²) in [7, 11) is -4.16. The number of amides is 2. The summed E-state index contributed by atoms with van der Waals surface area (Å²) < 4.78 is 29.3. The van der Waals surface area contributed by atoms with Crippen LogP contribution in [0.15, 0.2) is 88.2 Å². The fraction of sp³-hybridized carbons (Fsp3) is 0.286. The lowest BCUT2D eigenvalue weighted by atomic mass is 10.1. The highest BCUT2D eigenvalue weighted by Gasteiger charge is 2.33. The quantitative estimate of drug-likeness (QED) is 0.307. The third-order valence-corrected chi connectivity index (χ3v) is 8.47. The van der Waals surface area contributed by atoms with E-state index in [0.29, 0.717) is 6.54 Å². The van der Waals surface area contributed by atoms with Gasteiger partial charge in [0.2, 0.25) is 11.8 Å². The van der Waals surface area contributed by atoms with Crippen LogP contribution in [0.25, 0.3) is 0 Å². The van der Waals surface area contributed by atoms with Gasteiger partial charge in [0, 0.05) is 17.6 Å². The van der Waals surface area contributed by atoms with Crippen LogP contribution in [-0.2, 0) is 26.2 Å². The second kappa shape index (κ2) is 13.3. The van der Waals surface area contributed by atoms with E-state index in [1.807, 2.05) is 38.1 Å². The topological polar surface area (TPSA) is 86.8 Å². The SMILES string of the molecule is CC(C)CNC(=O)[C@H](C)N(Cc1ccc(Br)cc1)C(=O)CN(c1ccccc1Cl)S(=O)(=O)c1ccccc1. The van der Waals surface area contributed by atoms with Crippen molar-refractivity contribution in [3.63, 3.8) is 0 Å². The van der Waals surface area contributed by atoms with E-state index in [2.05, 4.69) is 21.2 Å². The van der Waals surface area contributed by atoms with Crippen LogP contribution in [0, 0.1) is 5.92 Å². The number of anilines is 1. The molecule has 3 aromatic rings. The number of hydrogen-bond donors (Lipinski definition) is 1. The van der Waals surface area contributed by atoms with E-state index in [0.717, 1.165) is 14.3 Å². The maximum Gasteiger partial charge on any atom is 0.264 e. The Morgan fingerprint density at radius 3 is 2.13 bits per heavy atom. The van der Waals surface area contributed by atoms with Gasteiger partial charge in [0.1, 0.15) is 12.6 Å². The molecule has 0 fully saturated rings. The average Bonchev–Trinajstić information content (AvgIpc) is 2.90. The number of carbonyl (C=O) groups excluding carboxylic acids is 2. The van der Waals surface area contributed by atoms with E-state index in [4.69, 9.17) is 11.6 Å². The normalized spacial score (nSPS) is 12.2. The van der Waals surface area contributed by atoms with Gasteiger partial charge in [0.25, 0.3) is 10.0 Å². The second-order valence-corrected chi connectivity index (χ2v) is 12.4. The fourth-order valence-corrected chi connectivity index (χ4v) is 5.71. The van der Waals surface area contributed by atoms with Gasteiger partial charge in [-0.15, -0.1) is 0 Å². The first-order valence-corrected chi connectivity index (χ1v) is 14.8. The molecule has 1 N–H and O–H groups in total. The van der Waals surface area contributed by atoms with Gasteiger partial charge >= 0.3 is 0 Å². The minimum Gasteiger partial charge on any atom is -0.354 e. The summed E-state index contributed by atoms with van der Waals surface area (Å²) in [6, 6.07) is 20.8. The zero-order valence-electron chi connectivity index (χ0n) is 21.5. The average molecular weight is 621 g/mol. The van der Waals surface area contributed by atoms with E-state index in [-0.39, 0.29) is 34.0 Å². The standard InChI is InChI=1S/C28H31BrClN3O4S/c1-20(2)17-31-28(35)21(3)32(18-22-13-15-23(29)16-14-22)27(34)19-33(26-12-8-7-11-25(26)30)38(36,37)24-9-5-4-6-10-24/h4-16,20-21H,17-19H2,1-3H3,(H,31,35)/t21-/m0/s1. The molecule has 3 rings (SSSR count). The molecule has 10 heteroatoms. The zero-order chi connectivity index (χ0) is 27.9. The lowest BCUT2D eigenvalue weighted by Gasteiger charge is -2.32. The molecule has 0 spiro atoms. The molecule has 3 aromatic carbocycles. The fourth-order valence-electron chi connectivity index (χ4n) is 3.71. The van der Waals surface area contributed by atoms with Crippen molar-refractivity contribution < 1.29 is 18.0 Å². The Morgan fingerprint density at radius 2 is 1.53 bits per heavy atom. The number of carbonyl (C=O) groups is 2. The van der Waals surface area contributed by atoms with Crippen LogP contribution >= 0.6 is 27.5 Å².